The monoisotopic (exact) mass is 318 g/mol. The van der Waals surface area contributed by atoms with Crippen LogP contribution in [0.5, 0.6) is 0 Å². The Morgan fingerprint density at radius 2 is 1.83 bits per heavy atom. The molecule has 2 aromatic heterocycles. The number of amides is 1. The van der Waals surface area contributed by atoms with Crippen molar-refractivity contribution >= 4 is 11.7 Å². The molecule has 7 nitrogen and oxygen atoms in total. The average Bonchev–Trinajstić information content (AvgIpc) is 2.94. The molecule has 0 aromatic carbocycles. The summed E-state index contributed by atoms with van der Waals surface area (Å²) in [5.41, 5.74) is 0.527. The molecular formula is C16H26N6O. The second kappa shape index (κ2) is 5.79. The van der Waals surface area contributed by atoms with Gasteiger partial charge in [0, 0.05) is 11.5 Å². The minimum absolute atomic E-state index is 0.122. The number of anilines is 1. The van der Waals surface area contributed by atoms with E-state index in [4.69, 9.17) is 0 Å². The summed E-state index contributed by atoms with van der Waals surface area (Å²) < 4.78 is 3.38. The molecule has 0 aliphatic rings. The Balaban J connectivity index is 2.10. The van der Waals surface area contributed by atoms with E-state index in [-0.39, 0.29) is 23.4 Å². The highest BCUT2D eigenvalue weighted by molar-refractivity contribution is 5.89. The van der Waals surface area contributed by atoms with Gasteiger partial charge in [-0.1, -0.05) is 20.8 Å². The van der Waals surface area contributed by atoms with Gasteiger partial charge in [0.1, 0.15) is 18.7 Å². The van der Waals surface area contributed by atoms with Crippen LogP contribution in [0.3, 0.4) is 0 Å². The first kappa shape index (κ1) is 17.2. The van der Waals surface area contributed by atoms with E-state index in [1.54, 1.807) is 11.0 Å². The fraction of sp³-hybridized carbons (Fsp3) is 0.625. The van der Waals surface area contributed by atoms with Crippen molar-refractivity contribution < 1.29 is 4.79 Å². The molecule has 23 heavy (non-hydrogen) atoms. The lowest BCUT2D eigenvalue weighted by Crippen LogP contribution is -2.28. The van der Waals surface area contributed by atoms with Crippen LogP contribution in [-0.4, -0.2) is 30.5 Å². The first-order chi connectivity index (χ1) is 10.5. The third kappa shape index (κ3) is 4.18. The molecule has 0 bridgehead atoms. The number of rotatable bonds is 3. The topological polar surface area (TPSA) is 77.6 Å². The van der Waals surface area contributed by atoms with Gasteiger partial charge in [-0.25, -0.2) is 14.3 Å². The zero-order valence-corrected chi connectivity index (χ0v) is 15.0. The van der Waals surface area contributed by atoms with Gasteiger partial charge in [0.15, 0.2) is 5.82 Å². The largest absolute Gasteiger partial charge is 0.309 e. The van der Waals surface area contributed by atoms with Gasteiger partial charge in [0.25, 0.3) is 0 Å². The number of carbonyl (C=O) groups excluding carboxylic acids is 1. The summed E-state index contributed by atoms with van der Waals surface area (Å²) in [6, 6.07) is 1.87. The number of hydrogen-bond acceptors (Lipinski definition) is 4. The summed E-state index contributed by atoms with van der Waals surface area (Å²) in [5, 5.41) is 11.7. The Hall–Kier alpha value is -2.18. The van der Waals surface area contributed by atoms with Crippen molar-refractivity contribution in [2.24, 2.45) is 0 Å². The number of nitrogens with zero attached hydrogens (tertiary/aromatic N) is 5. The number of hydrogen-bond donors (Lipinski definition) is 1. The van der Waals surface area contributed by atoms with Crippen LogP contribution in [-0.2, 0) is 22.3 Å². The molecule has 0 spiro atoms. The van der Waals surface area contributed by atoms with Crippen molar-refractivity contribution in [2.45, 2.75) is 66.0 Å². The maximum absolute atomic E-state index is 12.3. The molecule has 0 aliphatic heterocycles. The lowest BCUT2D eigenvalue weighted by Gasteiger charge is -2.22. The van der Waals surface area contributed by atoms with Gasteiger partial charge in [0.2, 0.25) is 5.91 Å². The summed E-state index contributed by atoms with van der Waals surface area (Å²) in [6.07, 6.45) is 1.59. The Labute approximate surface area is 137 Å². The SMILES string of the molecule is Cc1cc(NC(=O)Cn2cnc(C(C)(C)C)n2)n(C(C)(C)C)n1. The summed E-state index contributed by atoms with van der Waals surface area (Å²) in [7, 11) is 0. The van der Waals surface area contributed by atoms with Crippen LogP contribution < -0.4 is 5.32 Å². The molecule has 2 heterocycles. The van der Waals surface area contributed by atoms with Crippen LogP contribution in [0.15, 0.2) is 12.4 Å². The first-order valence-electron chi connectivity index (χ1n) is 7.74. The number of nitrogens with one attached hydrogen (secondary N) is 1. The van der Waals surface area contributed by atoms with Gasteiger partial charge in [0.05, 0.1) is 11.2 Å². The number of aryl methyl sites for hydroxylation is 1. The molecule has 0 aliphatic carbocycles. The third-order valence-corrected chi connectivity index (χ3v) is 3.25. The van der Waals surface area contributed by atoms with E-state index in [1.165, 1.54) is 0 Å². The van der Waals surface area contributed by atoms with Gasteiger partial charge < -0.3 is 5.32 Å². The van der Waals surface area contributed by atoms with E-state index in [0.717, 1.165) is 11.5 Å². The maximum Gasteiger partial charge on any atom is 0.247 e. The lowest BCUT2D eigenvalue weighted by molar-refractivity contribution is -0.117. The molecule has 2 aromatic rings. The van der Waals surface area contributed by atoms with Gasteiger partial charge in [-0.15, -0.1) is 0 Å². The maximum atomic E-state index is 12.3. The Morgan fingerprint density at radius 3 is 2.35 bits per heavy atom. The molecule has 7 heteroatoms. The van der Waals surface area contributed by atoms with Crippen LogP contribution in [0.25, 0.3) is 0 Å². The fourth-order valence-corrected chi connectivity index (χ4v) is 2.14. The van der Waals surface area contributed by atoms with Crippen LogP contribution >= 0.6 is 0 Å². The number of aromatic nitrogens is 5. The molecule has 0 unspecified atom stereocenters. The van der Waals surface area contributed by atoms with Crippen molar-refractivity contribution in [2.75, 3.05) is 5.32 Å². The van der Waals surface area contributed by atoms with E-state index >= 15 is 0 Å². The summed E-state index contributed by atoms with van der Waals surface area (Å²) in [4.78, 5) is 16.6. The Kier molecular flexibility index (Phi) is 4.32. The van der Waals surface area contributed by atoms with Gasteiger partial charge in [-0.3, -0.25) is 4.79 Å². The van der Waals surface area contributed by atoms with Crippen LogP contribution in [0.1, 0.15) is 53.1 Å². The van der Waals surface area contributed by atoms with E-state index in [0.29, 0.717) is 5.82 Å². The first-order valence-corrected chi connectivity index (χ1v) is 7.74. The molecule has 2 rings (SSSR count). The van der Waals surface area contributed by atoms with Crippen LogP contribution in [0.2, 0.25) is 0 Å². The van der Waals surface area contributed by atoms with Gasteiger partial charge in [-0.2, -0.15) is 10.2 Å². The Morgan fingerprint density at radius 1 is 1.17 bits per heavy atom. The summed E-state index contributed by atoms with van der Waals surface area (Å²) in [5.74, 6) is 1.26. The highest BCUT2D eigenvalue weighted by Gasteiger charge is 2.21. The standard InChI is InChI=1S/C16H26N6O/c1-11-8-12(22(19-11)16(5,6)7)18-13(23)9-21-10-17-14(20-21)15(2,3)4/h8,10H,9H2,1-7H3,(H,18,23). The smallest absolute Gasteiger partial charge is 0.247 e. The van der Waals surface area contributed by atoms with E-state index in [2.05, 4.69) is 20.5 Å². The molecule has 1 N–H and O–H groups in total. The predicted octanol–water partition coefficient (Wildman–Crippen LogP) is 2.47. The minimum atomic E-state index is -0.205. The Bertz CT molecular complexity index is 699. The van der Waals surface area contributed by atoms with Crippen LogP contribution in [0, 0.1) is 6.92 Å². The minimum Gasteiger partial charge on any atom is -0.309 e. The zero-order chi connectivity index (χ0) is 17.4. The highest BCUT2D eigenvalue weighted by Crippen LogP contribution is 2.21. The van der Waals surface area contributed by atoms with E-state index in [1.807, 2.05) is 59.2 Å². The molecule has 126 valence electrons. The number of carbonyl (C=O) groups is 1. The normalized spacial score (nSPS) is 12.5. The van der Waals surface area contributed by atoms with Gasteiger partial charge in [-0.05, 0) is 27.7 Å². The zero-order valence-electron chi connectivity index (χ0n) is 15.0. The molecule has 0 saturated carbocycles. The van der Waals surface area contributed by atoms with Gasteiger partial charge >= 0.3 is 0 Å². The summed E-state index contributed by atoms with van der Waals surface area (Å²) >= 11 is 0. The predicted molar refractivity (Wildman–Crippen MR) is 89.3 cm³/mol. The van der Waals surface area contributed by atoms with E-state index in [9.17, 15) is 4.79 Å². The molecule has 0 radical (unpaired) electrons. The lowest BCUT2D eigenvalue weighted by atomic mass is 9.96. The molecular weight excluding hydrogens is 292 g/mol. The van der Waals surface area contributed by atoms with Crippen molar-refractivity contribution in [3.8, 4) is 0 Å². The third-order valence-electron chi connectivity index (χ3n) is 3.25. The van der Waals surface area contributed by atoms with Crippen molar-refractivity contribution in [1.29, 1.82) is 0 Å². The second-order valence-electron chi connectivity index (χ2n) is 7.82. The van der Waals surface area contributed by atoms with E-state index < -0.39 is 0 Å². The quantitative estimate of drug-likeness (QED) is 0.943. The fourth-order valence-electron chi connectivity index (χ4n) is 2.14. The second-order valence-corrected chi connectivity index (χ2v) is 7.82. The average molecular weight is 318 g/mol. The highest BCUT2D eigenvalue weighted by atomic mass is 16.2. The molecule has 0 fully saturated rings. The van der Waals surface area contributed by atoms with Crippen molar-refractivity contribution in [1.82, 2.24) is 24.5 Å². The molecule has 0 saturated heterocycles. The molecule has 1 amide bonds. The van der Waals surface area contributed by atoms with Crippen molar-refractivity contribution in [3.63, 3.8) is 0 Å². The molecule has 0 atom stereocenters. The summed E-state index contributed by atoms with van der Waals surface area (Å²) in [6.45, 7) is 14.3. The van der Waals surface area contributed by atoms with Crippen molar-refractivity contribution in [3.05, 3.63) is 23.9 Å². The van der Waals surface area contributed by atoms with Crippen LogP contribution in [0.4, 0.5) is 5.82 Å².